The number of nitrogens with zero attached hydrogens (tertiary/aromatic N) is 2. The SMILES string of the molecule is CSc1nc(N)nc(N[C@@H]2C[C@H](CO)[C@@H](O)[C@H]2O)c1/C=C/c1ccccc1. The molecule has 0 saturated heterocycles. The van der Waals surface area contributed by atoms with Gasteiger partial charge in [0.15, 0.2) is 0 Å². The summed E-state index contributed by atoms with van der Waals surface area (Å²) in [5.41, 5.74) is 7.64. The number of nitrogens with two attached hydrogens (primary N) is 1. The van der Waals surface area contributed by atoms with Crippen molar-refractivity contribution in [1.29, 1.82) is 0 Å². The molecule has 1 heterocycles. The normalized spacial score (nSPS) is 25.2. The third-order valence-electron chi connectivity index (χ3n) is 4.72. The number of thioether (sulfide) groups is 1. The standard InChI is InChI=1S/C19H24N4O3S/c1-27-18-13(8-7-11-5-3-2-4-6-11)17(22-19(20)23-18)21-14-9-12(10-24)15(25)16(14)26/h2-8,12,14-16,24-26H,9-10H2,1H3,(H3,20,21,22,23)/b8-7+/t12-,14-,15-,16+/m1/s1. The number of hydrogen-bond donors (Lipinski definition) is 5. The van der Waals surface area contributed by atoms with Gasteiger partial charge in [0.2, 0.25) is 5.95 Å². The molecule has 8 heteroatoms. The van der Waals surface area contributed by atoms with Crippen molar-refractivity contribution in [2.24, 2.45) is 5.92 Å². The zero-order valence-corrected chi connectivity index (χ0v) is 15.8. The molecule has 0 unspecified atom stereocenters. The van der Waals surface area contributed by atoms with E-state index >= 15 is 0 Å². The van der Waals surface area contributed by atoms with Crippen molar-refractivity contribution < 1.29 is 15.3 Å². The van der Waals surface area contributed by atoms with Crippen LogP contribution in [0.4, 0.5) is 11.8 Å². The van der Waals surface area contributed by atoms with Gasteiger partial charge in [-0.15, -0.1) is 11.8 Å². The van der Waals surface area contributed by atoms with Gasteiger partial charge in [-0.1, -0.05) is 36.4 Å². The Labute approximate surface area is 162 Å². The number of nitrogen functional groups attached to an aromatic ring is 1. The van der Waals surface area contributed by atoms with Crippen molar-refractivity contribution in [3.8, 4) is 0 Å². The van der Waals surface area contributed by atoms with Gasteiger partial charge in [0.25, 0.3) is 0 Å². The smallest absolute Gasteiger partial charge is 0.223 e. The number of anilines is 2. The lowest BCUT2D eigenvalue weighted by atomic mass is 10.1. The fraction of sp³-hybridized carbons (Fsp3) is 0.368. The molecule has 0 radical (unpaired) electrons. The van der Waals surface area contributed by atoms with Crippen molar-refractivity contribution in [2.75, 3.05) is 23.9 Å². The maximum absolute atomic E-state index is 10.3. The average Bonchev–Trinajstić information content (AvgIpc) is 2.95. The summed E-state index contributed by atoms with van der Waals surface area (Å²) in [6, 6.07) is 9.41. The van der Waals surface area contributed by atoms with Crippen LogP contribution in [-0.2, 0) is 0 Å². The van der Waals surface area contributed by atoms with Gasteiger partial charge >= 0.3 is 0 Å². The topological polar surface area (TPSA) is 125 Å². The Morgan fingerprint density at radius 2 is 1.93 bits per heavy atom. The summed E-state index contributed by atoms with van der Waals surface area (Å²) in [5, 5.41) is 33.6. The molecular weight excluding hydrogens is 364 g/mol. The fourth-order valence-corrected chi connectivity index (χ4v) is 3.82. The highest BCUT2D eigenvalue weighted by Gasteiger charge is 2.41. The largest absolute Gasteiger partial charge is 0.396 e. The van der Waals surface area contributed by atoms with Gasteiger partial charge in [0.05, 0.1) is 12.1 Å². The lowest BCUT2D eigenvalue weighted by Gasteiger charge is -2.20. The summed E-state index contributed by atoms with van der Waals surface area (Å²) in [6.07, 6.45) is 4.22. The monoisotopic (exact) mass is 388 g/mol. The molecule has 1 aliphatic carbocycles. The van der Waals surface area contributed by atoms with E-state index in [1.54, 1.807) is 0 Å². The van der Waals surface area contributed by atoms with E-state index in [1.165, 1.54) is 11.8 Å². The molecule has 0 amide bonds. The molecule has 1 aliphatic rings. The molecule has 2 aromatic rings. The van der Waals surface area contributed by atoms with E-state index in [4.69, 9.17) is 5.73 Å². The van der Waals surface area contributed by atoms with Crippen LogP contribution in [0.1, 0.15) is 17.5 Å². The molecule has 7 nitrogen and oxygen atoms in total. The Balaban J connectivity index is 1.92. The molecule has 1 aromatic heterocycles. The maximum Gasteiger partial charge on any atom is 0.223 e. The number of aromatic nitrogens is 2. The van der Waals surface area contributed by atoms with Crippen molar-refractivity contribution in [2.45, 2.75) is 29.7 Å². The number of aliphatic hydroxyl groups is 3. The molecule has 4 atom stereocenters. The van der Waals surface area contributed by atoms with Gasteiger partial charge in [-0.05, 0) is 24.3 Å². The van der Waals surface area contributed by atoms with E-state index < -0.39 is 18.2 Å². The summed E-state index contributed by atoms with van der Waals surface area (Å²) in [4.78, 5) is 8.59. The third-order valence-corrected chi connectivity index (χ3v) is 5.42. The second kappa shape index (κ2) is 8.71. The van der Waals surface area contributed by atoms with E-state index in [2.05, 4.69) is 15.3 Å². The van der Waals surface area contributed by atoms with Crippen LogP contribution < -0.4 is 11.1 Å². The summed E-state index contributed by atoms with van der Waals surface area (Å²) in [7, 11) is 0. The van der Waals surface area contributed by atoms with Crippen LogP contribution in [0.2, 0.25) is 0 Å². The molecule has 0 spiro atoms. The lowest BCUT2D eigenvalue weighted by molar-refractivity contribution is 0.00445. The number of hydrogen-bond acceptors (Lipinski definition) is 8. The molecule has 0 bridgehead atoms. The number of nitrogens with one attached hydrogen (secondary N) is 1. The van der Waals surface area contributed by atoms with E-state index in [0.717, 1.165) is 11.1 Å². The summed E-state index contributed by atoms with van der Waals surface area (Å²) in [6.45, 7) is -0.181. The first kappa shape index (κ1) is 19.6. The Hall–Kier alpha value is -2.13. The van der Waals surface area contributed by atoms with Gasteiger partial charge in [-0.2, -0.15) is 4.98 Å². The van der Waals surface area contributed by atoms with Crippen LogP contribution in [-0.4, -0.2) is 56.4 Å². The number of benzene rings is 1. The molecule has 1 fully saturated rings. The zero-order valence-electron chi connectivity index (χ0n) is 15.0. The molecule has 0 aliphatic heterocycles. The van der Waals surface area contributed by atoms with E-state index in [0.29, 0.717) is 17.3 Å². The first-order valence-corrected chi connectivity index (χ1v) is 9.94. The second-order valence-corrected chi connectivity index (χ2v) is 7.30. The van der Waals surface area contributed by atoms with E-state index in [1.807, 2.05) is 48.7 Å². The van der Waals surface area contributed by atoms with Gasteiger partial charge in [-0.25, -0.2) is 4.98 Å². The lowest BCUT2D eigenvalue weighted by Crippen LogP contribution is -2.35. The fourth-order valence-electron chi connectivity index (χ4n) is 3.25. The quantitative estimate of drug-likeness (QED) is 0.372. The van der Waals surface area contributed by atoms with Crippen molar-refractivity contribution in [1.82, 2.24) is 9.97 Å². The van der Waals surface area contributed by atoms with Gasteiger partial charge in [0, 0.05) is 18.1 Å². The molecule has 144 valence electrons. The summed E-state index contributed by atoms with van der Waals surface area (Å²) in [5.74, 6) is 0.249. The summed E-state index contributed by atoms with van der Waals surface area (Å²) >= 11 is 1.45. The van der Waals surface area contributed by atoms with Gasteiger partial charge < -0.3 is 26.4 Å². The molecular formula is C19H24N4O3S. The van der Waals surface area contributed by atoms with Crippen LogP contribution >= 0.6 is 11.8 Å². The number of aliphatic hydroxyl groups excluding tert-OH is 3. The van der Waals surface area contributed by atoms with Gasteiger partial charge in [0.1, 0.15) is 16.9 Å². The minimum absolute atomic E-state index is 0.130. The number of rotatable bonds is 6. The molecule has 1 saturated carbocycles. The predicted molar refractivity (Wildman–Crippen MR) is 108 cm³/mol. The van der Waals surface area contributed by atoms with Crippen LogP contribution in [0.25, 0.3) is 12.2 Å². The van der Waals surface area contributed by atoms with Crippen LogP contribution in [0, 0.1) is 5.92 Å². The second-order valence-electron chi connectivity index (χ2n) is 6.51. The van der Waals surface area contributed by atoms with Crippen molar-refractivity contribution >= 4 is 35.7 Å². The Kier molecular flexibility index (Phi) is 6.33. The molecule has 6 N–H and O–H groups in total. The molecule has 3 rings (SSSR count). The highest BCUT2D eigenvalue weighted by atomic mass is 32.2. The molecule has 1 aromatic carbocycles. The maximum atomic E-state index is 10.3. The Bertz CT molecular complexity index is 803. The first-order valence-electron chi connectivity index (χ1n) is 8.71. The molecule has 27 heavy (non-hydrogen) atoms. The Morgan fingerprint density at radius 3 is 2.56 bits per heavy atom. The highest BCUT2D eigenvalue weighted by Crippen LogP contribution is 2.32. The van der Waals surface area contributed by atoms with Gasteiger partial charge in [-0.3, -0.25) is 0 Å². The zero-order chi connectivity index (χ0) is 19.4. The van der Waals surface area contributed by atoms with E-state index in [-0.39, 0.29) is 18.5 Å². The van der Waals surface area contributed by atoms with Crippen LogP contribution in [0.15, 0.2) is 35.4 Å². The predicted octanol–water partition coefficient (Wildman–Crippen LogP) is 1.47. The van der Waals surface area contributed by atoms with E-state index in [9.17, 15) is 15.3 Å². The highest BCUT2D eigenvalue weighted by molar-refractivity contribution is 7.98. The first-order chi connectivity index (χ1) is 13.0. The minimum atomic E-state index is -0.998. The summed E-state index contributed by atoms with van der Waals surface area (Å²) < 4.78 is 0. The minimum Gasteiger partial charge on any atom is -0.396 e. The van der Waals surface area contributed by atoms with Crippen molar-refractivity contribution in [3.05, 3.63) is 41.5 Å². The van der Waals surface area contributed by atoms with Crippen LogP contribution in [0.5, 0.6) is 0 Å². The van der Waals surface area contributed by atoms with Crippen LogP contribution in [0.3, 0.4) is 0 Å². The average molecular weight is 388 g/mol. The third kappa shape index (κ3) is 4.41. The van der Waals surface area contributed by atoms with Crippen molar-refractivity contribution in [3.63, 3.8) is 0 Å². The Morgan fingerprint density at radius 1 is 1.19 bits per heavy atom.